The Morgan fingerprint density at radius 3 is 2.56 bits per heavy atom. The molecule has 3 aliphatic heterocycles. The van der Waals surface area contributed by atoms with E-state index in [1.54, 1.807) is 11.0 Å². The largest absolute Gasteiger partial charge is 0.461 e. The molecule has 3 heterocycles. The zero-order valence-electron chi connectivity index (χ0n) is 24.1. The van der Waals surface area contributed by atoms with Gasteiger partial charge in [0.2, 0.25) is 5.91 Å². The molecule has 5 rings (SSSR count). The number of likely N-dealkylation sites (tertiary alicyclic amines) is 1. The number of carbonyl (C=O) groups is 3. The number of ether oxygens (including phenoxy) is 2. The summed E-state index contributed by atoms with van der Waals surface area (Å²) in [5, 5.41) is 12.5. The molecule has 2 bridgehead atoms. The summed E-state index contributed by atoms with van der Waals surface area (Å²) in [5.41, 5.74) is -1.49. The van der Waals surface area contributed by atoms with Crippen LogP contribution in [-0.4, -0.2) is 70.8 Å². The molecule has 0 radical (unpaired) electrons. The number of rotatable bonds is 11. The predicted octanol–water partition coefficient (Wildman–Crippen LogP) is 4.26. The summed E-state index contributed by atoms with van der Waals surface area (Å²) in [5.74, 6) is -2.79. The average molecular weight is 561 g/mol. The third kappa shape index (κ3) is 4.67. The molecule has 6 atom stereocenters. The monoisotopic (exact) mass is 560 g/mol. The molecule has 3 aliphatic rings. The highest BCUT2D eigenvalue weighted by Gasteiger charge is 2.79. The van der Waals surface area contributed by atoms with Crippen molar-refractivity contribution in [3.63, 3.8) is 0 Å². The maximum atomic E-state index is 14.8. The van der Waals surface area contributed by atoms with Crippen LogP contribution in [0.25, 0.3) is 10.8 Å². The first-order valence-corrected chi connectivity index (χ1v) is 14.4. The van der Waals surface area contributed by atoms with Crippen LogP contribution in [0.3, 0.4) is 0 Å². The van der Waals surface area contributed by atoms with Crippen LogP contribution in [-0.2, 0) is 23.9 Å². The Balaban J connectivity index is 1.63. The number of aliphatic hydroxyl groups is 1. The summed E-state index contributed by atoms with van der Waals surface area (Å²) in [7, 11) is 0. The van der Waals surface area contributed by atoms with E-state index in [1.807, 2.05) is 63.2 Å². The zero-order chi connectivity index (χ0) is 29.5. The number of esters is 1. The number of fused-ring (bicyclic) bond motifs is 2. The minimum absolute atomic E-state index is 0.0209. The van der Waals surface area contributed by atoms with Gasteiger partial charge in [-0.2, -0.15) is 0 Å². The Kier molecular flexibility index (Phi) is 7.83. The molecule has 1 N–H and O–H groups in total. The summed E-state index contributed by atoms with van der Waals surface area (Å²) in [4.78, 5) is 45.8. The third-order valence-corrected chi connectivity index (χ3v) is 9.02. The van der Waals surface area contributed by atoms with Crippen molar-refractivity contribution in [1.29, 1.82) is 0 Å². The molecule has 41 heavy (non-hydrogen) atoms. The zero-order valence-corrected chi connectivity index (χ0v) is 24.1. The van der Waals surface area contributed by atoms with Crippen molar-refractivity contribution in [1.82, 2.24) is 4.90 Å². The van der Waals surface area contributed by atoms with E-state index in [1.165, 1.54) is 11.0 Å². The smallest absolute Gasteiger partial charge is 0.313 e. The molecule has 0 saturated carbocycles. The van der Waals surface area contributed by atoms with Gasteiger partial charge in [-0.25, -0.2) is 0 Å². The summed E-state index contributed by atoms with van der Waals surface area (Å²) in [6.45, 7) is 13.3. The van der Waals surface area contributed by atoms with Crippen molar-refractivity contribution in [2.45, 2.75) is 63.3 Å². The van der Waals surface area contributed by atoms with E-state index in [4.69, 9.17) is 9.47 Å². The van der Waals surface area contributed by atoms with Crippen LogP contribution in [0.15, 0.2) is 67.8 Å². The summed E-state index contributed by atoms with van der Waals surface area (Å²) in [6.07, 6.45) is 4.59. The number of carbonyl (C=O) groups excluding carboxylic acids is 3. The SMILES string of the molecule is C=CCOC(=O)[C@@H]1[C@H]2C(=O)N([C@@H](CO)CC(C)C)C(C(=O)N(CC=C)c3ccc4ccccc4c3)C23CC[C@@]1(C)O3. The van der Waals surface area contributed by atoms with Crippen molar-refractivity contribution in [2.75, 3.05) is 24.7 Å². The first kappa shape index (κ1) is 29.0. The van der Waals surface area contributed by atoms with E-state index in [9.17, 15) is 19.5 Å². The topological polar surface area (TPSA) is 96.4 Å². The number of hydrogen-bond donors (Lipinski definition) is 1. The number of benzene rings is 2. The van der Waals surface area contributed by atoms with Gasteiger partial charge in [-0.15, -0.1) is 6.58 Å². The van der Waals surface area contributed by atoms with Crippen LogP contribution < -0.4 is 4.90 Å². The highest BCUT2D eigenvalue weighted by Crippen LogP contribution is 2.64. The van der Waals surface area contributed by atoms with Crippen molar-refractivity contribution >= 4 is 34.2 Å². The van der Waals surface area contributed by atoms with Gasteiger partial charge in [0.15, 0.2) is 0 Å². The fourth-order valence-corrected chi connectivity index (χ4v) is 7.39. The van der Waals surface area contributed by atoms with Crippen LogP contribution in [0.5, 0.6) is 0 Å². The van der Waals surface area contributed by atoms with E-state index in [0.29, 0.717) is 24.9 Å². The van der Waals surface area contributed by atoms with Crippen LogP contribution in [0, 0.1) is 17.8 Å². The average Bonchev–Trinajstić information content (AvgIpc) is 3.53. The highest BCUT2D eigenvalue weighted by molar-refractivity contribution is 6.05. The molecule has 3 saturated heterocycles. The lowest BCUT2D eigenvalue weighted by molar-refractivity contribution is -0.159. The molecule has 8 heteroatoms. The first-order chi connectivity index (χ1) is 19.6. The Bertz CT molecular complexity index is 1370. The maximum absolute atomic E-state index is 14.8. The molecule has 2 amide bonds. The van der Waals surface area contributed by atoms with Crippen LogP contribution >= 0.6 is 0 Å². The van der Waals surface area contributed by atoms with Gasteiger partial charge in [0.05, 0.1) is 24.2 Å². The molecular weight excluding hydrogens is 520 g/mol. The molecule has 0 aromatic heterocycles. The molecule has 2 unspecified atom stereocenters. The van der Waals surface area contributed by atoms with E-state index >= 15 is 0 Å². The number of hydrogen-bond acceptors (Lipinski definition) is 6. The van der Waals surface area contributed by atoms with Gasteiger partial charge < -0.3 is 24.4 Å². The van der Waals surface area contributed by atoms with E-state index < -0.39 is 41.1 Å². The van der Waals surface area contributed by atoms with Gasteiger partial charge in [0.25, 0.3) is 5.91 Å². The summed E-state index contributed by atoms with van der Waals surface area (Å²) in [6, 6.07) is 12.1. The standard InChI is InChI=1S/C33H40N2O6/c1-6-16-34(24-13-12-22-10-8-9-11-23(22)19-24)30(38)28-33-15-14-32(5,41-33)27(31(39)40-17-7-2)26(33)29(37)35(28)25(20-36)18-21(3)4/h6-13,19,21,25-28,36H,1-2,14-18,20H2,3-5H3/t25-,26+,27+,28?,32-,33?/m1/s1. The molecule has 0 aliphatic carbocycles. The van der Waals surface area contributed by atoms with Gasteiger partial charge in [-0.3, -0.25) is 14.4 Å². The maximum Gasteiger partial charge on any atom is 0.313 e. The van der Waals surface area contributed by atoms with E-state index in [0.717, 1.165) is 10.8 Å². The molecule has 3 fully saturated rings. The molecule has 8 nitrogen and oxygen atoms in total. The number of aliphatic hydroxyl groups excluding tert-OH is 1. The van der Waals surface area contributed by atoms with E-state index in [-0.39, 0.29) is 37.5 Å². The van der Waals surface area contributed by atoms with Gasteiger partial charge in [-0.1, -0.05) is 62.9 Å². The number of amides is 2. The van der Waals surface area contributed by atoms with Crippen molar-refractivity contribution < 1.29 is 29.0 Å². The van der Waals surface area contributed by atoms with Crippen molar-refractivity contribution in [3.05, 3.63) is 67.8 Å². The fourth-order valence-electron chi connectivity index (χ4n) is 7.39. The molecule has 2 aromatic carbocycles. The Morgan fingerprint density at radius 2 is 1.90 bits per heavy atom. The second-order valence-electron chi connectivity index (χ2n) is 12.1. The number of anilines is 1. The summed E-state index contributed by atoms with van der Waals surface area (Å²) >= 11 is 0. The molecular formula is C33H40N2O6. The van der Waals surface area contributed by atoms with Crippen LogP contribution in [0.1, 0.15) is 40.0 Å². The Labute approximate surface area is 241 Å². The van der Waals surface area contributed by atoms with Crippen molar-refractivity contribution in [3.8, 4) is 0 Å². The lowest BCUT2D eigenvalue weighted by Crippen LogP contribution is -2.59. The Morgan fingerprint density at radius 1 is 1.17 bits per heavy atom. The Hall–Kier alpha value is -3.49. The highest BCUT2D eigenvalue weighted by atomic mass is 16.6. The van der Waals surface area contributed by atoms with E-state index in [2.05, 4.69) is 13.2 Å². The van der Waals surface area contributed by atoms with Gasteiger partial charge in [0.1, 0.15) is 24.2 Å². The fraction of sp³-hybridized carbons (Fsp3) is 0.485. The minimum atomic E-state index is -1.22. The lowest BCUT2D eigenvalue weighted by Gasteiger charge is -2.40. The molecule has 2 aromatic rings. The third-order valence-electron chi connectivity index (χ3n) is 9.02. The second kappa shape index (κ2) is 11.1. The van der Waals surface area contributed by atoms with Gasteiger partial charge >= 0.3 is 5.97 Å². The lowest BCUT2D eigenvalue weighted by atomic mass is 9.66. The minimum Gasteiger partial charge on any atom is -0.461 e. The van der Waals surface area contributed by atoms with Gasteiger partial charge in [0, 0.05) is 12.2 Å². The number of nitrogens with zero attached hydrogens (tertiary/aromatic N) is 2. The first-order valence-electron chi connectivity index (χ1n) is 14.4. The quantitative estimate of drug-likeness (QED) is 0.326. The van der Waals surface area contributed by atoms with Crippen LogP contribution in [0.2, 0.25) is 0 Å². The second-order valence-corrected chi connectivity index (χ2v) is 12.1. The van der Waals surface area contributed by atoms with Gasteiger partial charge in [-0.05, 0) is 55.0 Å². The molecule has 218 valence electrons. The predicted molar refractivity (Wildman–Crippen MR) is 157 cm³/mol. The van der Waals surface area contributed by atoms with Crippen molar-refractivity contribution in [2.24, 2.45) is 17.8 Å². The van der Waals surface area contributed by atoms with Crippen LogP contribution in [0.4, 0.5) is 5.69 Å². The molecule has 1 spiro atoms. The normalized spacial score (nSPS) is 29.0. The summed E-state index contributed by atoms with van der Waals surface area (Å²) < 4.78 is 12.2.